The van der Waals surface area contributed by atoms with E-state index in [0.717, 1.165) is 66.0 Å². The molecular weight excluding hydrogens is 633 g/mol. The van der Waals surface area contributed by atoms with Crippen molar-refractivity contribution in [2.45, 2.75) is 0 Å². The molecule has 0 atom stereocenters. The predicted octanol–water partition coefficient (Wildman–Crippen LogP) is 14.6. The lowest BCUT2D eigenvalue weighted by Crippen LogP contribution is -1.86. The van der Waals surface area contributed by atoms with Gasteiger partial charge in [-0.25, -0.2) is 0 Å². The maximum atomic E-state index is 6.84. The van der Waals surface area contributed by atoms with E-state index < -0.39 is 0 Å². The standard InChI is InChI=1S/C50H28O2/c1-3-11-34-29(8-1)10-7-15-35(34)33-19-22-40-39-21-18-32(27-46(39)51-47(40)28-33)31-17-20-38-42-24-25-44-43-23-16-30-9-2-4-12-36(30)49(43)52-50(44)48(42)41-14-6-5-13-37(41)45(38)26-31/h1-28H. The Labute approximate surface area is 297 Å². The maximum Gasteiger partial charge on any atom is 0.143 e. The Hall–Kier alpha value is -6.90. The fraction of sp³-hybridized carbons (Fsp3) is 0. The van der Waals surface area contributed by atoms with Gasteiger partial charge in [0, 0.05) is 32.3 Å². The molecule has 0 radical (unpaired) electrons. The molecule has 2 nitrogen and oxygen atoms in total. The zero-order valence-electron chi connectivity index (χ0n) is 28.0. The maximum absolute atomic E-state index is 6.84. The van der Waals surface area contributed by atoms with Gasteiger partial charge in [0.1, 0.15) is 22.3 Å². The average molecular weight is 661 g/mol. The summed E-state index contributed by atoms with van der Waals surface area (Å²) in [6.07, 6.45) is 0. The Morgan fingerprint density at radius 2 is 0.788 bits per heavy atom. The second-order valence-electron chi connectivity index (χ2n) is 14.0. The minimum atomic E-state index is 0.894. The van der Waals surface area contributed by atoms with E-state index in [1.54, 1.807) is 0 Å². The smallest absolute Gasteiger partial charge is 0.143 e. The molecule has 12 aromatic rings. The third kappa shape index (κ3) is 3.84. The Kier molecular flexibility index (Phi) is 5.53. The van der Waals surface area contributed by atoms with Gasteiger partial charge in [0.25, 0.3) is 0 Å². The van der Waals surface area contributed by atoms with Crippen LogP contribution in [0.2, 0.25) is 0 Å². The minimum absolute atomic E-state index is 0.894. The van der Waals surface area contributed by atoms with Crippen LogP contribution in [-0.4, -0.2) is 0 Å². The summed E-state index contributed by atoms with van der Waals surface area (Å²) in [6, 6.07) is 61.3. The van der Waals surface area contributed by atoms with Gasteiger partial charge in [-0.2, -0.15) is 0 Å². The molecule has 10 aromatic carbocycles. The Balaban J connectivity index is 1.03. The number of fused-ring (bicyclic) bond motifs is 16. The van der Waals surface area contributed by atoms with Gasteiger partial charge in [-0.3, -0.25) is 0 Å². The van der Waals surface area contributed by atoms with Crippen LogP contribution in [0.1, 0.15) is 0 Å². The van der Waals surface area contributed by atoms with Gasteiger partial charge in [0.05, 0.1) is 0 Å². The van der Waals surface area contributed by atoms with Crippen molar-refractivity contribution in [2.24, 2.45) is 0 Å². The van der Waals surface area contributed by atoms with Crippen LogP contribution < -0.4 is 0 Å². The molecule has 0 fully saturated rings. The first-order valence-corrected chi connectivity index (χ1v) is 17.8. The van der Waals surface area contributed by atoms with Crippen LogP contribution in [0, 0.1) is 0 Å². The summed E-state index contributed by atoms with van der Waals surface area (Å²) < 4.78 is 13.4. The van der Waals surface area contributed by atoms with Crippen molar-refractivity contribution in [2.75, 3.05) is 0 Å². The van der Waals surface area contributed by atoms with Crippen molar-refractivity contribution < 1.29 is 8.83 Å². The third-order valence-electron chi connectivity index (χ3n) is 11.2. The summed E-state index contributed by atoms with van der Waals surface area (Å²) in [6.45, 7) is 0. The molecule has 0 N–H and O–H groups in total. The molecule has 0 aliphatic rings. The number of furan rings is 2. The van der Waals surface area contributed by atoms with Gasteiger partial charge in [-0.15, -0.1) is 0 Å². The molecule has 12 rings (SSSR count). The minimum Gasteiger partial charge on any atom is -0.456 e. The zero-order valence-corrected chi connectivity index (χ0v) is 28.0. The Bertz CT molecular complexity index is 3440. The van der Waals surface area contributed by atoms with Crippen LogP contribution >= 0.6 is 0 Å². The van der Waals surface area contributed by atoms with Crippen LogP contribution in [0.15, 0.2) is 179 Å². The first kappa shape index (κ1) is 27.9. The van der Waals surface area contributed by atoms with Crippen LogP contribution in [0.4, 0.5) is 0 Å². The second-order valence-corrected chi connectivity index (χ2v) is 14.0. The fourth-order valence-electron chi connectivity index (χ4n) is 8.78. The summed E-state index contributed by atoms with van der Waals surface area (Å²) >= 11 is 0. The number of benzene rings is 10. The lowest BCUT2D eigenvalue weighted by atomic mass is 9.91. The molecule has 0 bridgehead atoms. The van der Waals surface area contributed by atoms with Crippen molar-refractivity contribution in [3.8, 4) is 22.3 Å². The van der Waals surface area contributed by atoms with Gasteiger partial charge in [0.2, 0.25) is 0 Å². The van der Waals surface area contributed by atoms with E-state index in [0.29, 0.717) is 0 Å². The Morgan fingerprint density at radius 3 is 1.62 bits per heavy atom. The molecule has 2 heterocycles. The van der Waals surface area contributed by atoms with Crippen LogP contribution in [-0.2, 0) is 0 Å². The largest absolute Gasteiger partial charge is 0.456 e. The van der Waals surface area contributed by atoms with Gasteiger partial charge in [-0.1, -0.05) is 127 Å². The molecule has 2 aromatic heterocycles. The summed E-state index contributed by atoms with van der Waals surface area (Å²) in [4.78, 5) is 0. The van der Waals surface area contributed by atoms with E-state index in [1.807, 2.05) is 0 Å². The molecule has 0 unspecified atom stereocenters. The summed E-state index contributed by atoms with van der Waals surface area (Å²) in [5.74, 6) is 0. The molecule has 0 spiro atoms. The van der Waals surface area contributed by atoms with Crippen molar-refractivity contribution in [1.82, 2.24) is 0 Å². The molecule has 0 saturated heterocycles. The van der Waals surface area contributed by atoms with Crippen LogP contribution in [0.5, 0.6) is 0 Å². The lowest BCUT2D eigenvalue weighted by molar-refractivity contribution is 0.669. The predicted molar refractivity (Wildman–Crippen MR) is 219 cm³/mol. The summed E-state index contributed by atoms with van der Waals surface area (Å²) in [7, 11) is 0. The first-order valence-electron chi connectivity index (χ1n) is 17.8. The summed E-state index contributed by atoms with van der Waals surface area (Å²) in [5, 5.41) is 16.6. The lowest BCUT2D eigenvalue weighted by Gasteiger charge is -2.12. The molecule has 52 heavy (non-hydrogen) atoms. The average Bonchev–Trinajstić information content (AvgIpc) is 3.78. The molecule has 0 aliphatic heterocycles. The van der Waals surface area contributed by atoms with Crippen molar-refractivity contribution in [1.29, 1.82) is 0 Å². The summed E-state index contributed by atoms with van der Waals surface area (Å²) in [5.41, 5.74) is 8.36. The number of rotatable bonds is 2. The topological polar surface area (TPSA) is 26.3 Å². The third-order valence-corrected chi connectivity index (χ3v) is 11.2. The van der Waals surface area contributed by atoms with Gasteiger partial charge < -0.3 is 8.83 Å². The Morgan fingerprint density at radius 1 is 0.269 bits per heavy atom. The molecule has 2 heteroatoms. The molecule has 240 valence electrons. The number of hydrogen-bond acceptors (Lipinski definition) is 2. The van der Waals surface area contributed by atoms with Gasteiger partial charge >= 0.3 is 0 Å². The van der Waals surface area contributed by atoms with Gasteiger partial charge in [-0.05, 0) is 108 Å². The van der Waals surface area contributed by atoms with E-state index in [2.05, 4.69) is 170 Å². The van der Waals surface area contributed by atoms with E-state index in [-0.39, 0.29) is 0 Å². The van der Waals surface area contributed by atoms with Crippen LogP contribution in [0.3, 0.4) is 0 Å². The van der Waals surface area contributed by atoms with Crippen LogP contribution in [0.25, 0.3) is 120 Å². The van der Waals surface area contributed by atoms with E-state index in [4.69, 9.17) is 8.83 Å². The number of hydrogen-bond donors (Lipinski definition) is 0. The highest BCUT2D eigenvalue weighted by Crippen LogP contribution is 2.44. The normalized spacial score (nSPS) is 12.2. The molecule has 0 saturated carbocycles. The highest BCUT2D eigenvalue weighted by molar-refractivity contribution is 6.33. The SMILES string of the molecule is c1ccc2c(-c3ccc4c(c3)oc3cc(-c5ccc6c(c5)c5ccccc5c5c6ccc6c7ccc8ccccc8c7oc65)ccc34)cccc2c1. The van der Waals surface area contributed by atoms with E-state index in [1.165, 1.54) is 54.0 Å². The van der Waals surface area contributed by atoms with Crippen molar-refractivity contribution in [3.63, 3.8) is 0 Å². The van der Waals surface area contributed by atoms with Crippen molar-refractivity contribution in [3.05, 3.63) is 170 Å². The zero-order chi connectivity index (χ0) is 33.9. The molecule has 0 aliphatic carbocycles. The highest BCUT2D eigenvalue weighted by atomic mass is 16.3. The quantitative estimate of drug-likeness (QED) is 0.173. The molecule has 0 amide bonds. The van der Waals surface area contributed by atoms with Gasteiger partial charge in [0.15, 0.2) is 0 Å². The monoisotopic (exact) mass is 660 g/mol. The first-order chi connectivity index (χ1) is 25.8. The van der Waals surface area contributed by atoms with Crippen molar-refractivity contribution >= 4 is 97.7 Å². The highest BCUT2D eigenvalue weighted by Gasteiger charge is 2.18. The van der Waals surface area contributed by atoms with E-state index in [9.17, 15) is 0 Å². The fourth-order valence-corrected chi connectivity index (χ4v) is 8.78. The second kappa shape index (κ2) is 10.3. The molecular formula is C50H28O2. The van der Waals surface area contributed by atoms with E-state index >= 15 is 0 Å².